The summed E-state index contributed by atoms with van der Waals surface area (Å²) >= 11 is 0. The quantitative estimate of drug-likeness (QED) is 0.933. The lowest BCUT2D eigenvalue weighted by Crippen LogP contribution is -2.43. The highest BCUT2D eigenvalue weighted by Gasteiger charge is 2.34. The van der Waals surface area contributed by atoms with Gasteiger partial charge in [-0.2, -0.15) is 0 Å². The van der Waals surface area contributed by atoms with Gasteiger partial charge in [-0.15, -0.1) is 0 Å². The molecular formula is C18H25FN2O. The predicted octanol–water partition coefficient (Wildman–Crippen LogP) is 2.88. The zero-order valence-electron chi connectivity index (χ0n) is 13.0. The van der Waals surface area contributed by atoms with Crippen molar-refractivity contribution in [3.63, 3.8) is 0 Å². The molecule has 120 valence electrons. The van der Waals surface area contributed by atoms with Gasteiger partial charge in [0.05, 0.1) is 0 Å². The van der Waals surface area contributed by atoms with Crippen LogP contribution in [0.4, 0.5) is 4.39 Å². The normalized spacial score (nSPS) is 28.8. The Morgan fingerprint density at radius 1 is 1.27 bits per heavy atom. The number of rotatable bonds is 3. The number of benzene rings is 1. The van der Waals surface area contributed by atoms with Crippen LogP contribution in [0.3, 0.4) is 0 Å². The van der Waals surface area contributed by atoms with Crippen molar-refractivity contribution in [2.45, 2.75) is 57.0 Å². The summed E-state index contributed by atoms with van der Waals surface area (Å²) in [6.07, 6.45) is 6.70. The molecule has 22 heavy (non-hydrogen) atoms. The molecule has 1 amide bonds. The summed E-state index contributed by atoms with van der Waals surface area (Å²) < 4.78 is 13.3. The summed E-state index contributed by atoms with van der Waals surface area (Å²) in [7, 11) is 0. The third-order valence-electron chi connectivity index (χ3n) is 5.08. The van der Waals surface area contributed by atoms with E-state index < -0.39 is 0 Å². The van der Waals surface area contributed by atoms with Gasteiger partial charge in [0.15, 0.2) is 0 Å². The summed E-state index contributed by atoms with van der Waals surface area (Å²) in [6, 6.07) is 7.12. The van der Waals surface area contributed by atoms with E-state index in [0.29, 0.717) is 0 Å². The molecule has 1 heterocycles. The maximum atomic E-state index is 13.3. The summed E-state index contributed by atoms with van der Waals surface area (Å²) in [5.41, 5.74) is 7.00. The van der Waals surface area contributed by atoms with Crippen LogP contribution in [0.1, 0.15) is 44.1 Å². The molecule has 1 saturated heterocycles. The molecule has 0 aromatic heterocycles. The molecular weight excluding hydrogens is 279 g/mol. The van der Waals surface area contributed by atoms with E-state index in [0.717, 1.165) is 57.1 Å². The van der Waals surface area contributed by atoms with Gasteiger partial charge in [-0.05, 0) is 56.2 Å². The zero-order chi connectivity index (χ0) is 15.5. The Morgan fingerprint density at radius 3 is 2.91 bits per heavy atom. The van der Waals surface area contributed by atoms with Gasteiger partial charge in [0, 0.05) is 24.5 Å². The highest BCUT2D eigenvalue weighted by molar-refractivity contribution is 5.79. The molecule has 1 aliphatic carbocycles. The van der Waals surface area contributed by atoms with Crippen LogP contribution in [0.15, 0.2) is 24.3 Å². The number of nitrogens with two attached hydrogens (primary N) is 1. The van der Waals surface area contributed by atoms with Gasteiger partial charge in [-0.3, -0.25) is 4.79 Å². The smallest absolute Gasteiger partial charge is 0.225 e. The molecule has 0 radical (unpaired) electrons. The molecule has 1 aromatic rings. The number of carbonyl (C=O) groups is 1. The van der Waals surface area contributed by atoms with E-state index >= 15 is 0 Å². The van der Waals surface area contributed by atoms with E-state index in [1.165, 1.54) is 6.07 Å². The molecule has 0 bridgehead atoms. The van der Waals surface area contributed by atoms with Crippen LogP contribution in [0.25, 0.3) is 0 Å². The van der Waals surface area contributed by atoms with Crippen molar-refractivity contribution in [2.75, 3.05) is 6.54 Å². The minimum atomic E-state index is -0.202. The Labute approximate surface area is 131 Å². The first kappa shape index (κ1) is 15.5. The molecule has 4 heteroatoms. The molecule has 1 aliphatic heterocycles. The topological polar surface area (TPSA) is 46.3 Å². The number of likely N-dealkylation sites (tertiary alicyclic amines) is 1. The number of nitrogens with zero attached hydrogens (tertiary/aromatic N) is 1. The Morgan fingerprint density at radius 2 is 2.14 bits per heavy atom. The minimum Gasteiger partial charge on any atom is -0.339 e. The fraction of sp³-hybridized carbons (Fsp3) is 0.611. The number of hydrogen-bond acceptors (Lipinski definition) is 2. The van der Waals surface area contributed by atoms with Crippen LogP contribution in [0, 0.1) is 11.7 Å². The third-order valence-corrected chi connectivity index (χ3v) is 5.08. The van der Waals surface area contributed by atoms with Crippen molar-refractivity contribution in [1.82, 2.24) is 4.90 Å². The lowest BCUT2D eigenvalue weighted by Gasteiger charge is -2.32. The molecule has 1 saturated carbocycles. The van der Waals surface area contributed by atoms with Gasteiger partial charge < -0.3 is 10.6 Å². The lowest BCUT2D eigenvalue weighted by atomic mass is 9.85. The first-order chi connectivity index (χ1) is 10.6. The highest BCUT2D eigenvalue weighted by Crippen LogP contribution is 2.29. The Balaban J connectivity index is 1.66. The van der Waals surface area contributed by atoms with Crippen molar-refractivity contribution in [3.05, 3.63) is 35.6 Å². The van der Waals surface area contributed by atoms with Crippen molar-refractivity contribution >= 4 is 5.91 Å². The maximum Gasteiger partial charge on any atom is 0.225 e. The second kappa shape index (κ2) is 6.78. The summed E-state index contributed by atoms with van der Waals surface area (Å²) in [5, 5.41) is 0. The summed E-state index contributed by atoms with van der Waals surface area (Å²) in [6.45, 7) is 0.838. The van der Waals surface area contributed by atoms with E-state index in [9.17, 15) is 9.18 Å². The standard InChI is InChI=1S/C18H25FN2O/c19-15-6-1-4-13(10-15)11-17-8-3-9-21(17)18(22)14-5-2-7-16(20)12-14/h1,4,6,10,14,16-17H,2-3,5,7-9,11-12,20H2/t14-,16-,17+/m1/s1. The molecule has 2 aliphatic rings. The Bertz CT molecular complexity index is 534. The number of amides is 1. The van der Waals surface area contributed by atoms with E-state index in [-0.39, 0.29) is 29.7 Å². The van der Waals surface area contributed by atoms with Gasteiger partial charge in [0.1, 0.15) is 5.82 Å². The predicted molar refractivity (Wildman–Crippen MR) is 84.8 cm³/mol. The van der Waals surface area contributed by atoms with Crippen molar-refractivity contribution in [1.29, 1.82) is 0 Å². The molecule has 3 rings (SSSR count). The molecule has 3 atom stereocenters. The summed E-state index contributed by atoms with van der Waals surface area (Å²) in [4.78, 5) is 14.8. The second-order valence-electron chi connectivity index (χ2n) is 6.79. The number of halogens is 1. The molecule has 0 unspecified atom stereocenters. The zero-order valence-corrected chi connectivity index (χ0v) is 13.0. The van der Waals surface area contributed by atoms with E-state index in [2.05, 4.69) is 0 Å². The van der Waals surface area contributed by atoms with Gasteiger partial charge in [0.25, 0.3) is 0 Å². The van der Waals surface area contributed by atoms with E-state index in [1.807, 2.05) is 11.0 Å². The van der Waals surface area contributed by atoms with Crippen molar-refractivity contribution < 1.29 is 9.18 Å². The van der Waals surface area contributed by atoms with Gasteiger partial charge >= 0.3 is 0 Å². The summed E-state index contributed by atoms with van der Waals surface area (Å²) in [5.74, 6) is 0.164. The van der Waals surface area contributed by atoms with Gasteiger partial charge in [0.2, 0.25) is 5.91 Å². The Kier molecular flexibility index (Phi) is 4.77. The van der Waals surface area contributed by atoms with Crippen LogP contribution >= 0.6 is 0 Å². The average molecular weight is 304 g/mol. The molecule has 0 spiro atoms. The fourth-order valence-electron chi connectivity index (χ4n) is 3.96. The average Bonchev–Trinajstić information content (AvgIpc) is 2.94. The lowest BCUT2D eigenvalue weighted by molar-refractivity contribution is -0.137. The van der Waals surface area contributed by atoms with Gasteiger partial charge in [-0.1, -0.05) is 18.6 Å². The largest absolute Gasteiger partial charge is 0.339 e. The van der Waals surface area contributed by atoms with Crippen LogP contribution in [-0.2, 0) is 11.2 Å². The number of hydrogen-bond donors (Lipinski definition) is 1. The van der Waals surface area contributed by atoms with Crippen LogP contribution in [0.5, 0.6) is 0 Å². The SMILES string of the molecule is N[C@@H]1CCC[C@@H](C(=O)N2CCC[C@H]2Cc2cccc(F)c2)C1. The Hall–Kier alpha value is -1.42. The van der Waals surface area contributed by atoms with E-state index in [1.54, 1.807) is 12.1 Å². The third kappa shape index (κ3) is 3.49. The second-order valence-corrected chi connectivity index (χ2v) is 6.79. The van der Waals surface area contributed by atoms with Crippen molar-refractivity contribution in [2.24, 2.45) is 11.7 Å². The highest BCUT2D eigenvalue weighted by atomic mass is 19.1. The monoisotopic (exact) mass is 304 g/mol. The molecule has 3 nitrogen and oxygen atoms in total. The first-order valence-corrected chi connectivity index (χ1v) is 8.44. The minimum absolute atomic E-state index is 0.0943. The fourth-order valence-corrected chi connectivity index (χ4v) is 3.96. The molecule has 2 fully saturated rings. The van der Waals surface area contributed by atoms with Gasteiger partial charge in [-0.25, -0.2) is 4.39 Å². The van der Waals surface area contributed by atoms with Crippen LogP contribution in [0.2, 0.25) is 0 Å². The van der Waals surface area contributed by atoms with E-state index in [4.69, 9.17) is 5.73 Å². The molecule has 2 N–H and O–H groups in total. The van der Waals surface area contributed by atoms with Crippen molar-refractivity contribution in [3.8, 4) is 0 Å². The van der Waals surface area contributed by atoms with Crippen LogP contribution in [-0.4, -0.2) is 29.4 Å². The maximum absolute atomic E-state index is 13.3. The number of carbonyl (C=O) groups excluding carboxylic acids is 1. The molecule has 1 aromatic carbocycles. The van der Waals surface area contributed by atoms with Crippen LogP contribution < -0.4 is 5.73 Å². The first-order valence-electron chi connectivity index (χ1n) is 8.44.